The van der Waals surface area contributed by atoms with Gasteiger partial charge in [-0.1, -0.05) is 60.7 Å². The average Bonchev–Trinajstić information content (AvgIpc) is 3.11. The summed E-state index contributed by atoms with van der Waals surface area (Å²) in [6, 6.07) is 24.8. The fraction of sp³-hybridized carbons (Fsp3) is 0.111. The fourth-order valence-corrected chi connectivity index (χ4v) is 3.60. The molecule has 1 aliphatic heterocycles. The molecule has 0 unspecified atom stereocenters. The fourth-order valence-electron chi connectivity index (χ4n) is 3.60. The van der Waals surface area contributed by atoms with Gasteiger partial charge in [0.15, 0.2) is 0 Å². The number of hydrogen-bond acceptors (Lipinski definition) is 3. The number of anilines is 1. The lowest BCUT2D eigenvalue weighted by molar-refractivity contribution is -0.113. The van der Waals surface area contributed by atoms with Crippen LogP contribution < -0.4 is 4.90 Å². The number of rotatable bonds is 5. The Hall–Kier alpha value is -3.92. The monoisotopic (exact) mass is 409 g/mol. The van der Waals surface area contributed by atoms with Crippen molar-refractivity contribution in [3.05, 3.63) is 113 Å². The molecule has 1 aliphatic rings. The molecule has 0 saturated heterocycles. The van der Waals surface area contributed by atoms with E-state index >= 15 is 0 Å². The maximum absolute atomic E-state index is 13.4. The minimum atomic E-state index is -0.351. The molecule has 0 fully saturated rings. The second-order valence-electron chi connectivity index (χ2n) is 7.26. The molecule has 4 nitrogen and oxygen atoms in total. The van der Waals surface area contributed by atoms with Gasteiger partial charge in [-0.15, -0.1) is 0 Å². The summed E-state index contributed by atoms with van der Waals surface area (Å²) in [6.45, 7) is 4.11. The molecule has 0 radical (unpaired) electrons. The quantitative estimate of drug-likeness (QED) is 0.404. The lowest BCUT2D eigenvalue weighted by Gasteiger charge is -2.22. The molecule has 31 heavy (non-hydrogen) atoms. The van der Waals surface area contributed by atoms with E-state index < -0.39 is 0 Å². The Labute approximate surface area is 182 Å². The third-order valence-corrected chi connectivity index (χ3v) is 5.15. The molecule has 4 heteroatoms. The van der Waals surface area contributed by atoms with Crippen molar-refractivity contribution in [2.75, 3.05) is 11.5 Å². The number of esters is 1. The second kappa shape index (κ2) is 8.84. The van der Waals surface area contributed by atoms with Gasteiger partial charge < -0.3 is 4.74 Å². The number of para-hydroxylation sites is 1. The van der Waals surface area contributed by atoms with Crippen LogP contribution in [-0.4, -0.2) is 18.5 Å². The summed E-state index contributed by atoms with van der Waals surface area (Å²) < 4.78 is 5.03. The topological polar surface area (TPSA) is 46.6 Å². The van der Waals surface area contributed by atoms with E-state index in [1.807, 2.05) is 85.8 Å². The summed E-state index contributed by atoms with van der Waals surface area (Å²) in [5.41, 5.74) is 5.62. The Morgan fingerprint density at radius 1 is 0.935 bits per heavy atom. The van der Waals surface area contributed by atoms with Gasteiger partial charge in [-0.05, 0) is 60.9 Å². The summed E-state index contributed by atoms with van der Waals surface area (Å²) >= 11 is 0. The molecule has 154 valence electrons. The number of nitrogens with zero attached hydrogens (tertiary/aromatic N) is 1. The first-order chi connectivity index (χ1) is 15.1. The van der Waals surface area contributed by atoms with Gasteiger partial charge in [0.2, 0.25) is 0 Å². The van der Waals surface area contributed by atoms with Crippen LogP contribution in [0.4, 0.5) is 5.69 Å². The van der Waals surface area contributed by atoms with Crippen LogP contribution in [-0.2, 0) is 9.53 Å². The van der Waals surface area contributed by atoms with Crippen molar-refractivity contribution in [2.24, 2.45) is 0 Å². The van der Waals surface area contributed by atoms with Gasteiger partial charge in [-0.3, -0.25) is 9.69 Å². The first-order valence-electron chi connectivity index (χ1n) is 10.2. The number of benzene rings is 3. The Morgan fingerprint density at radius 2 is 1.61 bits per heavy atom. The van der Waals surface area contributed by atoms with Crippen molar-refractivity contribution in [1.82, 2.24) is 0 Å². The van der Waals surface area contributed by atoms with Gasteiger partial charge in [-0.2, -0.15) is 0 Å². The van der Waals surface area contributed by atoms with E-state index in [4.69, 9.17) is 4.74 Å². The number of ether oxygens (including phenoxy) is 1. The highest BCUT2D eigenvalue weighted by atomic mass is 16.5. The normalized spacial score (nSPS) is 14.6. The van der Waals surface area contributed by atoms with E-state index in [-0.39, 0.29) is 11.9 Å². The third kappa shape index (κ3) is 4.19. The Kier molecular flexibility index (Phi) is 5.80. The zero-order valence-electron chi connectivity index (χ0n) is 17.5. The van der Waals surface area contributed by atoms with Crippen LogP contribution in [0, 0.1) is 6.92 Å². The Bertz CT molecular complexity index is 1170. The van der Waals surface area contributed by atoms with E-state index in [0.29, 0.717) is 17.7 Å². The second-order valence-corrected chi connectivity index (χ2v) is 7.26. The largest absolute Gasteiger partial charge is 0.462 e. The highest BCUT2D eigenvalue weighted by Crippen LogP contribution is 2.36. The maximum Gasteiger partial charge on any atom is 0.338 e. The van der Waals surface area contributed by atoms with Crippen molar-refractivity contribution in [3.8, 4) is 0 Å². The van der Waals surface area contributed by atoms with Gasteiger partial charge in [-0.25, -0.2) is 4.79 Å². The molecule has 0 aliphatic carbocycles. The summed E-state index contributed by atoms with van der Waals surface area (Å²) in [5, 5.41) is 0. The van der Waals surface area contributed by atoms with Gasteiger partial charge in [0.05, 0.1) is 23.6 Å². The van der Waals surface area contributed by atoms with Crippen LogP contribution in [0.3, 0.4) is 0 Å². The van der Waals surface area contributed by atoms with Crippen LogP contribution in [0.2, 0.25) is 0 Å². The number of carbonyl (C=O) groups excluding carboxylic acids is 2. The summed E-state index contributed by atoms with van der Waals surface area (Å²) in [7, 11) is 0. The number of hydrogen-bond donors (Lipinski definition) is 0. The molecule has 3 aromatic rings. The maximum atomic E-state index is 13.4. The number of amides is 1. The Balaban J connectivity index is 1.73. The van der Waals surface area contributed by atoms with E-state index in [2.05, 4.69) is 0 Å². The van der Waals surface area contributed by atoms with Crippen molar-refractivity contribution in [1.29, 1.82) is 0 Å². The van der Waals surface area contributed by atoms with Crippen LogP contribution in [0.5, 0.6) is 0 Å². The molecule has 0 aromatic heterocycles. The van der Waals surface area contributed by atoms with E-state index in [1.54, 1.807) is 24.0 Å². The van der Waals surface area contributed by atoms with Crippen LogP contribution in [0.25, 0.3) is 11.8 Å². The van der Waals surface area contributed by atoms with Crippen molar-refractivity contribution in [2.45, 2.75) is 13.8 Å². The lowest BCUT2D eigenvalue weighted by atomic mass is 10.1. The zero-order valence-corrected chi connectivity index (χ0v) is 17.5. The van der Waals surface area contributed by atoms with Crippen molar-refractivity contribution in [3.63, 3.8) is 0 Å². The average molecular weight is 409 g/mol. The minimum absolute atomic E-state index is 0.0809. The smallest absolute Gasteiger partial charge is 0.338 e. The molecule has 1 heterocycles. The van der Waals surface area contributed by atoms with E-state index in [1.165, 1.54) is 0 Å². The molecule has 0 saturated carbocycles. The number of aryl methyl sites for hydroxylation is 1. The first-order valence-corrected chi connectivity index (χ1v) is 10.2. The van der Waals surface area contributed by atoms with Crippen LogP contribution in [0.1, 0.15) is 34.0 Å². The van der Waals surface area contributed by atoms with E-state index in [9.17, 15) is 9.59 Å². The molecule has 4 rings (SSSR count). The van der Waals surface area contributed by atoms with Gasteiger partial charge >= 0.3 is 5.97 Å². The minimum Gasteiger partial charge on any atom is -0.462 e. The van der Waals surface area contributed by atoms with Crippen LogP contribution >= 0.6 is 0 Å². The van der Waals surface area contributed by atoms with Gasteiger partial charge in [0, 0.05) is 5.57 Å². The molecular formula is C27H23NO3. The van der Waals surface area contributed by atoms with Crippen molar-refractivity contribution < 1.29 is 14.3 Å². The lowest BCUT2D eigenvalue weighted by Crippen LogP contribution is -2.25. The standard InChI is InChI=1S/C27H23NO3/c1-3-31-27(30)22-15-13-20(14-16-22)17-23-18-25(21-10-5-4-6-11-21)28(26(23)29)24-12-8-7-9-19(24)2/h4-18H,3H2,1-2H3. The predicted octanol–water partition coefficient (Wildman–Crippen LogP) is 5.64. The molecule has 0 bridgehead atoms. The SMILES string of the molecule is CCOC(=O)c1ccc(C=C2C=C(c3ccccc3)N(c3ccccc3C)C2=O)cc1. The molecule has 3 aromatic carbocycles. The van der Waals surface area contributed by atoms with Gasteiger partial charge in [0.1, 0.15) is 0 Å². The first kappa shape index (κ1) is 20.4. The molecule has 1 amide bonds. The highest BCUT2D eigenvalue weighted by Gasteiger charge is 2.31. The molecule has 0 atom stereocenters. The number of carbonyl (C=O) groups is 2. The molecular weight excluding hydrogens is 386 g/mol. The highest BCUT2D eigenvalue weighted by molar-refractivity contribution is 6.23. The molecule has 0 spiro atoms. The van der Waals surface area contributed by atoms with E-state index in [0.717, 1.165) is 28.1 Å². The zero-order chi connectivity index (χ0) is 21.8. The predicted molar refractivity (Wildman–Crippen MR) is 123 cm³/mol. The summed E-state index contributed by atoms with van der Waals surface area (Å²) in [5.74, 6) is -0.432. The summed E-state index contributed by atoms with van der Waals surface area (Å²) in [4.78, 5) is 27.1. The summed E-state index contributed by atoms with van der Waals surface area (Å²) in [6.07, 6.45) is 3.77. The molecule has 0 N–H and O–H groups in total. The van der Waals surface area contributed by atoms with Crippen LogP contribution in [0.15, 0.2) is 90.5 Å². The third-order valence-electron chi connectivity index (χ3n) is 5.15. The van der Waals surface area contributed by atoms with Crippen molar-refractivity contribution >= 4 is 29.3 Å². The Morgan fingerprint density at radius 3 is 2.29 bits per heavy atom. The van der Waals surface area contributed by atoms with Gasteiger partial charge in [0.25, 0.3) is 5.91 Å².